The fraction of sp³-hybridized carbons (Fsp3) is 0.360. The first kappa shape index (κ1) is 26.7. The van der Waals surface area contributed by atoms with Crippen LogP contribution in [0.1, 0.15) is 25.1 Å². The molecule has 37 heavy (non-hydrogen) atoms. The van der Waals surface area contributed by atoms with Gasteiger partial charge in [0.05, 0.1) is 19.5 Å². The summed E-state index contributed by atoms with van der Waals surface area (Å²) in [5.74, 6) is -0.200. The van der Waals surface area contributed by atoms with Crippen LogP contribution in [0.2, 0.25) is 0 Å². The number of ether oxygens (including phenoxy) is 2. The van der Waals surface area contributed by atoms with Crippen LogP contribution in [0.25, 0.3) is 11.1 Å². The van der Waals surface area contributed by atoms with Gasteiger partial charge in [0.1, 0.15) is 17.1 Å². The Morgan fingerprint density at radius 3 is 2.57 bits per heavy atom. The molecule has 0 bridgehead atoms. The number of hydrogen-bond acceptors (Lipinski definition) is 8. The molecule has 0 amide bonds. The Labute approximate surface area is 215 Å². The highest BCUT2D eigenvalue weighted by atomic mass is 32.2. The van der Waals surface area contributed by atoms with E-state index in [4.69, 9.17) is 18.3 Å². The van der Waals surface area contributed by atoms with Crippen molar-refractivity contribution in [1.29, 1.82) is 0 Å². The number of guanidine groups is 1. The largest absolute Gasteiger partial charge is 0.378 e. The molecule has 198 valence electrons. The van der Waals surface area contributed by atoms with Crippen molar-refractivity contribution >= 4 is 22.0 Å². The molecule has 0 aliphatic carbocycles. The Kier molecular flexibility index (Phi) is 8.22. The first-order valence-electron chi connectivity index (χ1n) is 11.7. The van der Waals surface area contributed by atoms with Crippen LogP contribution in [0.5, 0.6) is 0 Å². The van der Waals surface area contributed by atoms with Crippen molar-refractivity contribution in [2.75, 3.05) is 39.2 Å². The average Bonchev–Trinajstić information content (AvgIpc) is 3.36. The minimum absolute atomic E-state index is 0.0772. The summed E-state index contributed by atoms with van der Waals surface area (Å²) in [7, 11) is -3.79. The Morgan fingerprint density at radius 1 is 1.19 bits per heavy atom. The molecule has 1 fully saturated rings. The first-order chi connectivity index (χ1) is 17.7. The summed E-state index contributed by atoms with van der Waals surface area (Å²) >= 11 is 0. The summed E-state index contributed by atoms with van der Waals surface area (Å²) in [5, 5.41) is 4.14. The number of nitrogens with zero attached hydrogens (tertiary/aromatic N) is 3. The lowest BCUT2D eigenvalue weighted by molar-refractivity contribution is -0.00143. The summed E-state index contributed by atoms with van der Waals surface area (Å²) in [6.45, 7) is 5.73. The van der Waals surface area contributed by atoms with Gasteiger partial charge in [0.15, 0.2) is 0 Å². The van der Waals surface area contributed by atoms with E-state index in [-0.39, 0.29) is 11.8 Å². The molecule has 1 aliphatic rings. The number of hydroxylamine groups is 1. The molecule has 1 saturated heterocycles. The maximum Gasteiger partial charge on any atom is 0.285 e. The number of nitrogens with one attached hydrogen (secondary N) is 1. The molecule has 1 unspecified atom stereocenters. The molecule has 1 aromatic heterocycles. The third kappa shape index (κ3) is 6.52. The number of aromatic nitrogens is 1. The van der Waals surface area contributed by atoms with Gasteiger partial charge in [-0.3, -0.25) is 0 Å². The van der Waals surface area contributed by atoms with Crippen LogP contribution in [0.15, 0.2) is 64.1 Å². The second-order valence-corrected chi connectivity index (χ2v) is 10.1. The number of morpholine rings is 1. The van der Waals surface area contributed by atoms with E-state index in [1.807, 2.05) is 37.3 Å². The second-order valence-electron chi connectivity index (χ2n) is 8.50. The average molecular weight is 533 g/mol. The predicted molar refractivity (Wildman–Crippen MR) is 135 cm³/mol. The highest BCUT2D eigenvalue weighted by Gasteiger charge is 2.34. The van der Waals surface area contributed by atoms with Crippen LogP contribution in [-0.4, -0.2) is 63.6 Å². The Hall–Kier alpha value is -3.32. The first-order valence-corrected chi connectivity index (χ1v) is 13.5. The molecule has 2 heterocycles. The number of halogens is 1. The predicted octanol–water partition coefficient (Wildman–Crippen LogP) is 3.58. The van der Waals surface area contributed by atoms with Gasteiger partial charge in [-0.25, -0.2) is 9.87 Å². The zero-order chi connectivity index (χ0) is 26.5. The quantitative estimate of drug-likeness (QED) is 0.264. The van der Waals surface area contributed by atoms with Gasteiger partial charge >= 0.3 is 0 Å². The topological polar surface area (TPSA) is 115 Å². The SMILES string of the molecule is CCOC(C)(c1ccc(-c2ccccc2)c(F)c1)c1cc(N=C(NOS(C)(=O)=O)N2CCOCC2)on1. The zero-order valence-electron chi connectivity index (χ0n) is 20.8. The van der Waals surface area contributed by atoms with Crippen molar-refractivity contribution in [2.45, 2.75) is 19.4 Å². The van der Waals surface area contributed by atoms with E-state index >= 15 is 4.39 Å². The molecular weight excluding hydrogens is 503 g/mol. The van der Waals surface area contributed by atoms with Gasteiger partial charge in [0.2, 0.25) is 5.96 Å². The Bertz CT molecular complexity index is 1340. The van der Waals surface area contributed by atoms with E-state index in [0.717, 1.165) is 11.8 Å². The van der Waals surface area contributed by atoms with Crippen LogP contribution < -0.4 is 5.48 Å². The number of rotatable bonds is 8. The highest BCUT2D eigenvalue weighted by Crippen LogP contribution is 2.36. The zero-order valence-corrected chi connectivity index (χ0v) is 21.6. The minimum Gasteiger partial charge on any atom is -0.378 e. The van der Waals surface area contributed by atoms with Crippen LogP contribution in [0, 0.1) is 5.82 Å². The fourth-order valence-electron chi connectivity index (χ4n) is 3.95. The third-order valence-corrected chi connectivity index (χ3v) is 6.22. The van der Waals surface area contributed by atoms with E-state index in [9.17, 15) is 8.42 Å². The van der Waals surface area contributed by atoms with Crippen LogP contribution in [0.3, 0.4) is 0 Å². The van der Waals surface area contributed by atoms with Crippen molar-refractivity contribution in [3.05, 3.63) is 71.7 Å². The lowest BCUT2D eigenvalue weighted by atomic mass is 9.90. The van der Waals surface area contributed by atoms with Gasteiger partial charge < -0.3 is 18.9 Å². The molecule has 4 rings (SSSR count). The smallest absolute Gasteiger partial charge is 0.285 e. The molecule has 12 heteroatoms. The molecule has 0 radical (unpaired) electrons. The Balaban J connectivity index is 1.66. The van der Waals surface area contributed by atoms with E-state index in [2.05, 4.69) is 15.6 Å². The highest BCUT2D eigenvalue weighted by molar-refractivity contribution is 7.85. The second kappa shape index (κ2) is 11.4. The normalized spacial score (nSPS) is 16.4. The van der Waals surface area contributed by atoms with Crippen molar-refractivity contribution in [3.8, 4) is 11.1 Å². The van der Waals surface area contributed by atoms with Gasteiger partial charge in [0.25, 0.3) is 16.0 Å². The molecule has 2 aromatic carbocycles. The lowest BCUT2D eigenvalue weighted by Crippen LogP contribution is -2.47. The number of benzene rings is 2. The van der Waals surface area contributed by atoms with Gasteiger partial charge in [-0.05, 0) is 31.0 Å². The maximum atomic E-state index is 15.2. The van der Waals surface area contributed by atoms with Gasteiger partial charge in [0, 0.05) is 31.3 Å². The van der Waals surface area contributed by atoms with E-state index in [1.54, 1.807) is 30.0 Å². The van der Waals surface area contributed by atoms with E-state index < -0.39 is 21.5 Å². The standard InChI is InChI=1S/C25H29FN4O6S/c1-4-34-25(2,19-10-11-20(21(26)16-19)18-8-6-5-7-9-18)22-17-23(35-28-22)27-24(29-36-37(3,31)32)30-12-14-33-15-13-30/h5-11,16-17H,4,12-15H2,1-3H3,(H,27,29). The fourth-order valence-corrected chi connectivity index (χ4v) is 4.18. The number of hydrogen-bond donors (Lipinski definition) is 1. The minimum atomic E-state index is -3.79. The summed E-state index contributed by atoms with van der Waals surface area (Å²) < 4.78 is 59.8. The van der Waals surface area contributed by atoms with Gasteiger partial charge in [-0.15, -0.1) is 4.28 Å². The van der Waals surface area contributed by atoms with Crippen LogP contribution in [-0.2, 0) is 29.5 Å². The Morgan fingerprint density at radius 2 is 1.92 bits per heavy atom. The van der Waals surface area contributed by atoms with Gasteiger partial charge in [-0.2, -0.15) is 13.4 Å². The summed E-state index contributed by atoms with van der Waals surface area (Å²) in [4.78, 5) is 6.13. The number of aliphatic imine (C=N–C) groups is 1. The van der Waals surface area contributed by atoms with Crippen molar-refractivity contribution in [3.63, 3.8) is 0 Å². The molecule has 1 N–H and O–H groups in total. The molecule has 0 saturated carbocycles. The van der Waals surface area contributed by atoms with Gasteiger partial charge in [-0.1, -0.05) is 47.6 Å². The van der Waals surface area contributed by atoms with Crippen molar-refractivity contribution in [1.82, 2.24) is 15.5 Å². The molecule has 3 aromatic rings. The molecule has 1 atom stereocenters. The lowest BCUT2D eigenvalue weighted by Gasteiger charge is -2.29. The monoisotopic (exact) mass is 532 g/mol. The van der Waals surface area contributed by atoms with Crippen molar-refractivity contribution in [2.24, 2.45) is 4.99 Å². The van der Waals surface area contributed by atoms with Crippen LogP contribution in [0.4, 0.5) is 10.3 Å². The molecule has 1 aliphatic heterocycles. The summed E-state index contributed by atoms with van der Waals surface area (Å²) in [6.07, 6.45) is 0.916. The molecular formula is C25H29FN4O6S. The maximum absolute atomic E-state index is 15.2. The molecule has 10 nitrogen and oxygen atoms in total. The van der Waals surface area contributed by atoms with Crippen LogP contribution >= 0.6 is 0 Å². The summed E-state index contributed by atoms with van der Waals surface area (Å²) in [6, 6.07) is 15.7. The summed E-state index contributed by atoms with van der Waals surface area (Å²) in [5.41, 5.74) is 3.38. The van der Waals surface area contributed by atoms with E-state index in [1.165, 1.54) is 6.07 Å². The molecule has 0 spiro atoms. The third-order valence-electron chi connectivity index (χ3n) is 5.84. The van der Waals surface area contributed by atoms with E-state index in [0.29, 0.717) is 49.7 Å². The van der Waals surface area contributed by atoms with Crippen molar-refractivity contribution < 1.29 is 31.1 Å².